The van der Waals surface area contributed by atoms with Crippen molar-refractivity contribution in [1.29, 1.82) is 0 Å². The zero-order valence-electron chi connectivity index (χ0n) is 16.5. The van der Waals surface area contributed by atoms with Crippen molar-refractivity contribution in [2.24, 2.45) is 0 Å². The van der Waals surface area contributed by atoms with E-state index in [0.29, 0.717) is 11.1 Å². The largest absolute Gasteiger partial charge is 0.445 e. The minimum absolute atomic E-state index is 0.245. The smallest absolute Gasteiger partial charge is 0.408 e. The van der Waals surface area contributed by atoms with Gasteiger partial charge in [-0.05, 0) is 22.2 Å². The highest BCUT2D eigenvalue weighted by molar-refractivity contribution is 6.70. The van der Waals surface area contributed by atoms with Crippen LogP contribution in [0.25, 0.3) is 0 Å². The van der Waals surface area contributed by atoms with Gasteiger partial charge in [0, 0.05) is 0 Å². The van der Waals surface area contributed by atoms with Crippen molar-refractivity contribution >= 4 is 14.9 Å². The summed E-state index contributed by atoms with van der Waals surface area (Å²) in [7, 11) is -0.824. The van der Waals surface area contributed by atoms with Crippen LogP contribution in [0.4, 0.5) is 4.79 Å². The third kappa shape index (κ3) is 6.95. The highest BCUT2D eigenvalue weighted by atomic mass is 28.3. The molecule has 0 bridgehead atoms. The Labute approximate surface area is 164 Å². The van der Waals surface area contributed by atoms with Crippen LogP contribution in [-0.4, -0.2) is 14.9 Å². The SMILES string of the molecule is CC(C)[Si](C#CC(NC(=O)OCc1ccccc1)c1ccccc1)C(C)C. The lowest BCUT2D eigenvalue weighted by Crippen LogP contribution is -2.29. The average Bonchev–Trinajstić information content (AvgIpc) is 2.66. The third-order valence-corrected chi connectivity index (χ3v) is 7.13. The summed E-state index contributed by atoms with van der Waals surface area (Å²) >= 11 is 0. The number of carbonyl (C=O) groups excluding carboxylic acids is 1. The molecule has 1 radical (unpaired) electrons. The van der Waals surface area contributed by atoms with E-state index in [4.69, 9.17) is 4.74 Å². The van der Waals surface area contributed by atoms with Gasteiger partial charge in [-0.1, -0.05) is 94.3 Å². The lowest BCUT2D eigenvalue weighted by molar-refractivity contribution is 0.138. The summed E-state index contributed by atoms with van der Waals surface area (Å²) in [5.41, 5.74) is 6.52. The Morgan fingerprint density at radius 1 is 0.963 bits per heavy atom. The van der Waals surface area contributed by atoms with Crippen molar-refractivity contribution in [1.82, 2.24) is 5.32 Å². The fourth-order valence-electron chi connectivity index (χ4n) is 2.84. The molecule has 1 N–H and O–H groups in total. The van der Waals surface area contributed by atoms with E-state index in [9.17, 15) is 4.79 Å². The average molecular weight is 379 g/mol. The van der Waals surface area contributed by atoms with Crippen LogP contribution in [0, 0.1) is 11.5 Å². The molecule has 0 saturated carbocycles. The van der Waals surface area contributed by atoms with Gasteiger partial charge in [-0.3, -0.25) is 0 Å². The van der Waals surface area contributed by atoms with Crippen molar-refractivity contribution in [3.05, 3.63) is 71.8 Å². The molecule has 0 aliphatic carbocycles. The number of alkyl carbamates (subject to hydrolysis) is 1. The van der Waals surface area contributed by atoms with Crippen LogP contribution in [0.2, 0.25) is 11.1 Å². The first-order valence-corrected chi connectivity index (χ1v) is 11.0. The molecule has 27 heavy (non-hydrogen) atoms. The van der Waals surface area contributed by atoms with E-state index in [1.165, 1.54) is 0 Å². The van der Waals surface area contributed by atoms with Gasteiger partial charge in [0.05, 0.1) is 0 Å². The summed E-state index contributed by atoms with van der Waals surface area (Å²) in [6.45, 7) is 9.14. The molecule has 0 saturated heterocycles. The predicted octanol–water partition coefficient (Wildman–Crippen LogP) is 5.51. The molecule has 0 aliphatic heterocycles. The third-order valence-electron chi connectivity index (χ3n) is 4.21. The fraction of sp³-hybridized carbons (Fsp3) is 0.348. The Bertz CT molecular complexity index is 755. The first-order valence-electron chi connectivity index (χ1n) is 9.37. The summed E-state index contributed by atoms with van der Waals surface area (Å²) in [6, 6.07) is 19.1. The van der Waals surface area contributed by atoms with Gasteiger partial charge in [-0.15, -0.1) is 5.54 Å². The maximum atomic E-state index is 12.3. The van der Waals surface area contributed by atoms with E-state index in [1.54, 1.807) is 0 Å². The first kappa shape index (κ1) is 20.8. The number of ether oxygens (including phenoxy) is 1. The Hall–Kier alpha value is -2.51. The molecule has 0 aliphatic rings. The topological polar surface area (TPSA) is 38.3 Å². The molecule has 141 valence electrons. The zero-order chi connectivity index (χ0) is 19.6. The van der Waals surface area contributed by atoms with Crippen molar-refractivity contribution in [2.75, 3.05) is 0 Å². The van der Waals surface area contributed by atoms with Crippen LogP contribution < -0.4 is 5.32 Å². The molecule has 0 heterocycles. The molecule has 1 atom stereocenters. The minimum atomic E-state index is -0.824. The van der Waals surface area contributed by atoms with E-state index < -0.39 is 14.9 Å². The molecule has 2 rings (SSSR count). The predicted molar refractivity (Wildman–Crippen MR) is 113 cm³/mol. The summed E-state index contributed by atoms with van der Waals surface area (Å²) in [4.78, 5) is 12.3. The molecule has 0 spiro atoms. The number of rotatable bonds is 6. The van der Waals surface area contributed by atoms with E-state index in [2.05, 4.69) is 44.5 Å². The highest BCUT2D eigenvalue weighted by Gasteiger charge is 2.19. The van der Waals surface area contributed by atoms with Crippen LogP contribution >= 0.6 is 0 Å². The van der Waals surface area contributed by atoms with Crippen LogP contribution in [0.1, 0.15) is 44.9 Å². The minimum Gasteiger partial charge on any atom is -0.445 e. The summed E-state index contributed by atoms with van der Waals surface area (Å²) < 4.78 is 5.37. The maximum absolute atomic E-state index is 12.3. The molecule has 4 heteroatoms. The van der Waals surface area contributed by atoms with Gasteiger partial charge >= 0.3 is 6.09 Å². The van der Waals surface area contributed by atoms with Crippen LogP contribution in [0.15, 0.2) is 60.7 Å². The zero-order valence-corrected chi connectivity index (χ0v) is 17.5. The lowest BCUT2D eigenvalue weighted by atomic mass is 10.1. The fourth-order valence-corrected chi connectivity index (χ4v) is 5.06. The second-order valence-electron chi connectivity index (χ2n) is 7.08. The number of benzene rings is 2. The molecule has 1 amide bonds. The monoisotopic (exact) mass is 378 g/mol. The maximum Gasteiger partial charge on any atom is 0.408 e. The summed E-state index contributed by atoms with van der Waals surface area (Å²) in [5, 5.41) is 2.92. The van der Waals surface area contributed by atoms with Crippen molar-refractivity contribution < 1.29 is 9.53 Å². The lowest BCUT2D eigenvalue weighted by Gasteiger charge is -2.18. The molecular formula is C23H28NO2Si. The molecular weight excluding hydrogens is 350 g/mol. The Kier molecular flexibility index (Phi) is 8.16. The van der Waals surface area contributed by atoms with Gasteiger partial charge in [0.1, 0.15) is 21.4 Å². The summed E-state index contributed by atoms with van der Waals surface area (Å²) in [5.74, 6) is 3.31. The van der Waals surface area contributed by atoms with Crippen molar-refractivity contribution in [2.45, 2.75) is 51.4 Å². The molecule has 0 fully saturated rings. The number of hydrogen-bond acceptors (Lipinski definition) is 2. The van der Waals surface area contributed by atoms with Crippen LogP contribution in [0.5, 0.6) is 0 Å². The summed E-state index contributed by atoms with van der Waals surface area (Å²) in [6.07, 6.45) is -0.454. The second kappa shape index (κ2) is 10.6. The van der Waals surface area contributed by atoms with E-state index in [1.807, 2.05) is 60.7 Å². The molecule has 2 aromatic carbocycles. The van der Waals surface area contributed by atoms with Gasteiger partial charge in [-0.25, -0.2) is 4.79 Å². The standard InChI is InChI=1S/C23H28NO2Si/c1-18(2)27(19(3)4)16-15-22(21-13-9-6-10-14-21)24-23(25)26-17-20-11-7-5-8-12-20/h5-14,18-19,22H,17H2,1-4H3,(H,24,25). The van der Waals surface area contributed by atoms with Gasteiger partial charge < -0.3 is 10.1 Å². The van der Waals surface area contributed by atoms with Crippen molar-refractivity contribution in [3.63, 3.8) is 0 Å². The number of nitrogens with one attached hydrogen (secondary N) is 1. The Morgan fingerprint density at radius 3 is 2.07 bits per heavy atom. The van der Waals surface area contributed by atoms with E-state index in [0.717, 1.165) is 11.1 Å². The number of carbonyl (C=O) groups is 1. The van der Waals surface area contributed by atoms with E-state index in [-0.39, 0.29) is 12.6 Å². The van der Waals surface area contributed by atoms with Crippen LogP contribution in [0.3, 0.4) is 0 Å². The number of hydrogen-bond donors (Lipinski definition) is 1. The quantitative estimate of drug-likeness (QED) is 0.531. The van der Waals surface area contributed by atoms with Crippen LogP contribution in [-0.2, 0) is 11.3 Å². The van der Waals surface area contributed by atoms with Gasteiger partial charge in [-0.2, -0.15) is 0 Å². The number of amides is 1. The normalized spacial score (nSPS) is 11.8. The van der Waals surface area contributed by atoms with Gasteiger partial charge in [0.15, 0.2) is 0 Å². The second-order valence-corrected chi connectivity index (χ2v) is 10.6. The van der Waals surface area contributed by atoms with Gasteiger partial charge in [0.2, 0.25) is 0 Å². The molecule has 2 aromatic rings. The first-order chi connectivity index (χ1) is 13.0. The molecule has 1 unspecified atom stereocenters. The Morgan fingerprint density at radius 2 is 1.52 bits per heavy atom. The molecule has 3 nitrogen and oxygen atoms in total. The van der Waals surface area contributed by atoms with E-state index >= 15 is 0 Å². The molecule has 0 aromatic heterocycles. The Balaban J connectivity index is 2.10. The van der Waals surface area contributed by atoms with Crippen molar-refractivity contribution in [3.8, 4) is 11.5 Å². The highest BCUT2D eigenvalue weighted by Crippen LogP contribution is 2.20. The van der Waals surface area contributed by atoms with Gasteiger partial charge in [0.25, 0.3) is 0 Å².